The van der Waals surface area contributed by atoms with E-state index in [1.807, 2.05) is 51.0 Å². The van der Waals surface area contributed by atoms with Crippen molar-refractivity contribution >= 4 is 23.6 Å². The van der Waals surface area contributed by atoms with E-state index in [1.54, 1.807) is 6.07 Å². The van der Waals surface area contributed by atoms with Crippen LogP contribution in [0.15, 0.2) is 24.4 Å². The molecule has 0 bridgehead atoms. The predicted molar refractivity (Wildman–Crippen MR) is 141 cm³/mol. The number of hydrogen-bond donors (Lipinski definition) is 1. The smallest absolute Gasteiger partial charge is 0.310 e. The Kier molecular flexibility index (Phi) is 7.78. The van der Waals surface area contributed by atoms with Crippen molar-refractivity contribution in [2.45, 2.75) is 64.6 Å². The molecule has 3 unspecified atom stereocenters. The molecule has 1 amide bonds. The van der Waals surface area contributed by atoms with Gasteiger partial charge in [0, 0.05) is 48.0 Å². The molecule has 2 N–H and O–H groups in total. The van der Waals surface area contributed by atoms with Crippen LogP contribution in [0.3, 0.4) is 0 Å². The first-order valence-corrected chi connectivity index (χ1v) is 13.2. The Morgan fingerprint density at radius 1 is 1.18 bits per heavy atom. The average Bonchev–Trinajstić information content (AvgIpc) is 3.40. The normalized spacial score (nSPS) is 19.4. The fraction of sp³-hybridized carbons (Fsp3) is 0.517. The number of quaternary nitrogens is 1. The number of likely N-dealkylation sites (N-methyl/N-ethyl adjacent to an activating group) is 1. The average molecular weight is 525 g/mol. The Hall–Kier alpha value is -3.46. The van der Waals surface area contributed by atoms with Crippen LogP contribution >= 0.6 is 0 Å². The predicted octanol–water partition coefficient (Wildman–Crippen LogP) is 2.91. The highest BCUT2D eigenvalue weighted by Crippen LogP contribution is 2.38. The van der Waals surface area contributed by atoms with Crippen molar-refractivity contribution in [3.05, 3.63) is 52.3 Å². The minimum Gasteiger partial charge on any atom is -0.462 e. The Morgan fingerprint density at radius 3 is 2.58 bits per heavy atom. The van der Waals surface area contributed by atoms with Gasteiger partial charge in [-0.15, -0.1) is 0 Å². The lowest BCUT2D eigenvalue weighted by molar-refractivity contribution is -0.873. The van der Waals surface area contributed by atoms with Gasteiger partial charge in [-0.3, -0.25) is 19.2 Å². The lowest BCUT2D eigenvalue weighted by Crippen LogP contribution is -2.43. The van der Waals surface area contributed by atoms with Crippen LogP contribution in [-0.4, -0.2) is 72.6 Å². The fourth-order valence-electron chi connectivity index (χ4n) is 5.47. The third-order valence-corrected chi connectivity index (χ3v) is 7.13. The van der Waals surface area contributed by atoms with Gasteiger partial charge < -0.3 is 24.3 Å². The molecule has 9 nitrogen and oxygen atoms in total. The standard InChI is InChI=1S/C29H37N3O6/c1-17-15-31(24-7-6-8-25(34)28(17)24)21-9-10-23(29(30)36)19(12-21)11-20-13-26(20)38-27(35)14-22(37-18(2)33)16-32(3,4)5/h9-10,12,15,20,22,26H,6-8,11,13-14,16H2,1-5H3,(H-,30,36)/p+1. The van der Waals surface area contributed by atoms with Crippen molar-refractivity contribution in [1.82, 2.24) is 4.57 Å². The number of ketones is 1. The first-order chi connectivity index (χ1) is 17.8. The highest BCUT2D eigenvalue weighted by Gasteiger charge is 2.42. The number of ether oxygens (including phenoxy) is 2. The van der Waals surface area contributed by atoms with Gasteiger partial charge in [0.05, 0.1) is 27.6 Å². The highest BCUT2D eigenvalue weighted by atomic mass is 16.6. The quantitative estimate of drug-likeness (QED) is 0.377. The molecular weight excluding hydrogens is 486 g/mol. The zero-order valence-corrected chi connectivity index (χ0v) is 22.9. The zero-order valence-electron chi connectivity index (χ0n) is 22.9. The monoisotopic (exact) mass is 524 g/mol. The van der Waals surface area contributed by atoms with Crippen molar-refractivity contribution in [2.75, 3.05) is 27.7 Å². The number of amides is 1. The molecule has 2 aliphatic rings. The summed E-state index contributed by atoms with van der Waals surface area (Å²) >= 11 is 0. The number of aromatic nitrogens is 1. The SMILES string of the molecule is CC(=O)OC(CC(=O)OC1CC1Cc1cc(-n2cc(C)c3c2CCCC3=O)ccc1C(N)=O)C[N+](C)(C)C. The van der Waals surface area contributed by atoms with Crippen molar-refractivity contribution in [2.24, 2.45) is 11.7 Å². The molecule has 0 radical (unpaired) electrons. The summed E-state index contributed by atoms with van der Waals surface area (Å²) in [5, 5.41) is 0. The summed E-state index contributed by atoms with van der Waals surface area (Å²) < 4.78 is 13.6. The molecule has 2 aliphatic carbocycles. The third kappa shape index (κ3) is 6.51. The van der Waals surface area contributed by atoms with Gasteiger partial charge in [0.15, 0.2) is 11.9 Å². The van der Waals surface area contributed by atoms with Gasteiger partial charge in [-0.25, -0.2) is 0 Å². The molecule has 0 saturated heterocycles. The lowest BCUT2D eigenvalue weighted by atomic mass is 9.94. The van der Waals surface area contributed by atoms with E-state index in [-0.39, 0.29) is 24.2 Å². The maximum absolute atomic E-state index is 12.6. The molecule has 204 valence electrons. The number of carbonyl (C=O) groups excluding carboxylic acids is 4. The molecule has 1 heterocycles. The largest absolute Gasteiger partial charge is 0.462 e. The summed E-state index contributed by atoms with van der Waals surface area (Å²) in [4.78, 5) is 48.8. The zero-order chi connectivity index (χ0) is 27.8. The van der Waals surface area contributed by atoms with Crippen molar-refractivity contribution in [1.29, 1.82) is 0 Å². The number of fused-ring (bicyclic) bond motifs is 1. The molecule has 1 fully saturated rings. The molecule has 38 heavy (non-hydrogen) atoms. The number of esters is 2. The second kappa shape index (κ2) is 10.7. The second-order valence-electron chi connectivity index (χ2n) is 11.6. The first kappa shape index (κ1) is 27.6. The van der Waals surface area contributed by atoms with E-state index in [4.69, 9.17) is 15.2 Å². The number of hydrogen-bond acceptors (Lipinski definition) is 6. The third-order valence-electron chi connectivity index (χ3n) is 7.13. The van der Waals surface area contributed by atoms with Crippen LogP contribution in [0.5, 0.6) is 0 Å². The number of Topliss-reactive ketones (excluding diaryl/α,β-unsaturated/α-hetero) is 1. The minimum absolute atomic E-state index is 0.00283. The molecular formula is C29H38N3O6+. The van der Waals surface area contributed by atoms with E-state index in [2.05, 4.69) is 0 Å². The molecule has 4 rings (SSSR count). The first-order valence-electron chi connectivity index (χ1n) is 13.2. The number of nitrogens with two attached hydrogens (primary N) is 1. The lowest BCUT2D eigenvalue weighted by Gasteiger charge is -2.28. The minimum atomic E-state index is -0.557. The van der Waals surface area contributed by atoms with E-state index in [9.17, 15) is 19.2 Å². The number of aryl methyl sites for hydroxylation is 1. The molecule has 2 aromatic rings. The van der Waals surface area contributed by atoms with Gasteiger partial charge in [-0.05, 0) is 61.9 Å². The van der Waals surface area contributed by atoms with Crippen molar-refractivity contribution in [3.8, 4) is 5.69 Å². The second-order valence-corrected chi connectivity index (χ2v) is 11.6. The topological polar surface area (TPSA) is 118 Å². The molecule has 1 saturated carbocycles. The summed E-state index contributed by atoms with van der Waals surface area (Å²) in [6.45, 7) is 3.77. The molecule has 1 aromatic carbocycles. The maximum Gasteiger partial charge on any atom is 0.310 e. The molecule has 3 atom stereocenters. The van der Waals surface area contributed by atoms with Crippen LogP contribution < -0.4 is 5.73 Å². The molecule has 9 heteroatoms. The highest BCUT2D eigenvalue weighted by molar-refractivity contribution is 6.00. The van der Waals surface area contributed by atoms with Crippen LogP contribution in [0.2, 0.25) is 0 Å². The molecule has 0 spiro atoms. The van der Waals surface area contributed by atoms with Crippen molar-refractivity contribution < 1.29 is 33.1 Å². The van der Waals surface area contributed by atoms with E-state index in [0.29, 0.717) is 35.9 Å². The number of benzene rings is 1. The van der Waals surface area contributed by atoms with Crippen LogP contribution in [0.25, 0.3) is 5.69 Å². The van der Waals surface area contributed by atoms with Gasteiger partial charge in [-0.2, -0.15) is 0 Å². The van der Waals surface area contributed by atoms with Crippen LogP contribution in [0.4, 0.5) is 0 Å². The fourth-order valence-corrected chi connectivity index (χ4v) is 5.47. The van der Waals surface area contributed by atoms with E-state index >= 15 is 0 Å². The van der Waals surface area contributed by atoms with Crippen LogP contribution in [0.1, 0.15) is 70.1 Å². The Labute approximate surface area is 223 Å². The Bertz CT molecular complexity index is 1270. The summed E-state index contributed by atoms with van der Waals surface area (Å²) in [6, 6.07) is 5.54. The summed E-state index contributed by atoms with van der Waals surface area (Å²) in [6.07, 6.45) is 4.61. The Morgan fingerprint density at radius 2 is 1.92 bits per heavy atom. The van der Waals surface area contributed by atoms with Gasteiger partial charge in [0.2, 0.25) is 5.91 Å². The van der Waals surface area contributed by atoms with E-state index < -0.39 is 23.9 Å². The summed E-state index contributed by atoms with van der Waals surface area (Å²) in [5.74, 6) is -1.09. The molecule has 0 aliphatic heterocycles. The number of primary amides is 1. The molecule has 1 aromatic heterocycles. The van der Waals surface area contributed by atoms with Crippen LogP contribution in [0, 0.1) is 12.8 Å². The van der Waals surface area contributed by atoms with E-state index in [0.717, 1.165) is 40.9 Å². The summed E-state index contributed by atoms with van der Waals surface area (Å²) in [7, 11) is 5.89. The van der Waals surface area contributed by atoms with Gasteiger partial charge in [-0.1, -0.05) is 0 Å². The number of nitrogens with zero attached hydrogens (tertiary/aromatic N) is 2. The van der Waals surface area contributed by atoms with Crippen LogP contribution in [-0.2, 0) is 31.9 Å². The number of rotatable bonds is 10. The van der Waals surface area contributed by atoms with Gasteiger partial charge in [0.1, 0.15) is 12.6 Å². The van der Waals surface area contributed by atoms with E-state index in [1.165, 1.54) is 6.92 Å². The van der Waals surface area contributed by atoms with Gasteiger partial charge >= 0.3 is 11.9 Å². The number of carbonyl (C=O) groups is 4. The van der Waals surface area contributed by atoms with Gasteiger partial charge in [0.25, 0.3) is 0 Å². The van der Waals surface area contributed by atoms with Crippen molar-refractivity contribution in [3.63, 3.8) is 0 Å². The Balaban J connectivity index is 1.46. The summed E-state index contributed by atoms with van der Waals surface area (Å²) in [5.41, 5.74) is 10.6. The maximum atomic E-state index is 12.6.